The van der Waals surface area contributed by atoms with E-state index < -0.39 is 0 Å². The van der Waals surface area contributed by atoms with Crippen molar-refractivity contribution < 1.29 is 9.53 Å². The Morgan fingerprint density at radius 3 is 2.28 bits per heavy atom. The van der Waals surface area contributed by atoms with E-state index in [0.29, 0.717) is 12.0 Å². The maximum absolute atomic E-state index is 10.9. The van der Waals surface area contributed by atoms with Crippen LogP contribution in [0.4, 0.5) is 5.69 Å². The van der Waals surface area contributed by atoms with Crippen LogP contribution in [0, 0.1) is 17.3 Å². The van der Waals surface area contributed by atoms with Crippen molar-refractivity contribution in [1.29, 1.82) is 0 Å². The molecular weight excluding hydrogens is 398 g/mol. The fourth-order valence-corrected chi connectivity index (χ4v) is 4.12. The van der Waals surface area contributed by atoms with Crippen LogP contribution >= 0.6 is 0 Å². The number of hydrogen-bond donors (Lipinski definition) is 1. The van der Waals surface area contributed by atoms with Crippen molar-refractivity contribution in [3.8, 4) is 5.75 Å². The van der Waals surface area contributed by atoms with Crippen molar-refractivity contribution >= 4 is 12.0 Å². The molecule has 5 nitrogen and oxygen atoms in total. The fraction of sp³-hybridized carbons (Fsp3) is 0.741. The number of carbonyl (C=O) groups excluding carboxylic acids is 1. The second-order valence-corrected chi connectivity index (χ2v) is 11.3. The molecule has 0 bridgehead atoms. The topological polar surface area (TPSA) is 58.8 Å². The molecule has 0 radical (unpaired) electrons. The van der Waals surface area contributed by atoms with Crippen LogP contribution in [0.25, 0.3) is 0 Å². The summed E-state index contributed by atoms with van der Waals surface area (Å²) in [6.07, 6.45) is 5.41. The minimum Gasteiger partial charge on any atom is -0.493 e. The lowest BCUT2D eigenvalue weighted by molar-refractivity contribution is -0.109. The summed E-state index contributed by atoms with van der Waals surface area (Å²) in [6, 6.07) is 8.93. The average Bonchev–Trinajstić information content (AvgIpc) is 2.76. The first kappa shape index (κ1) is 26.7. The van der Waals surface area contributed by atoms with Crippen LogP contribution in [0.1, 0.15) is 67.2 Å². The minimum absolute atomic E-state index is 0.159. The summed E-state index contributed by atoms with van der Waals surface area (Å²) < 4.78 is 5.98. The van der Waals surface area contributed by atoms with E-state index in [1.807, 2.05) is 0 Å². The Hall–Kier alpha value is -1.59. The number of ether oxygens (including phenoxy) is 1. The highest BCUT2D eigenvalue weighted by atomic mass is 16.5. The summed E-state index contributed by atoms with van der Waals surface area (Å²) in [5.74, 6) is 1.88. The number of piperidine rings is 1. The van der Waals surface area contributed by atoms with Gasteiger partial charge in [-0.1, -0.05) is 41.5 Å². The third kappa shape index (κ3) is 9.11. The molecule has 0 saturated carbocycles. The maximum atomic E-state index is 10.9. The summed E-state index contributed by atoms with van der Waals surface area (Å²) in [4.78, 5) is 16.1. The molecule has 2 unspecified atom stereocenters. The van der Waals surface area contributed by atoms with E-state index in [4.69, 9.17) is 10.5 Å². The first-order chi connectivity index (χ1) is 15.1. The van der Waals surface area contributed by atoms with Crippen LogP contribution in [-0.4, -0.2) is 56.1 Å². The number of benzene rings is 1. The van der Waals surface area contributed by atoms with Gasteiger partial charge in [0.1, 0.15) is 12.0 Å². The van der Waals surface area contributed by atoms with Gasteiger partial charge in [-0.2, -0.15) is 0 Å². The Morgan fingerprint density at radius 1 is 1.12 bits per heavy atom. The molecule has 0 aromatic heterocycles. The molecule has 0 amide bonds. The molecule has 0 spiro atoms. The van der Waals surface area contributed by atoms with Gasteiger partial charge >= 0.3 is 0 Å². The maximum Gasteiger partial charge on any atom is 0.136 e. The fourth-order valence-electron chi connectivity index (χ4n) is 4.12. The second kappa shape index (κ2) is 12.6. The van der Waals surface area contributed by atoms with Gasteiger partial charge in [-0.15, -0.1) is 0 Å². The lowest BCUT2D eigenvalue weighted by Crippen LogP contribution is -2.46. The summed E-state index contributed by atoms with van der Waals surface area (Å²) in [6.45, 7) is 18.3. The van der Waals surface area contributed by atoms with Gasteiger partial charge in [0.25, 0.3) is 0 Å². The van der Waals surface area contributed by atoms with Gasteiger partial charge < -0.3 is 25.1 Å². The molecule has 2 N–H and O–H groups in total. The van der Waals surface area contributed by atoms with E-state index in [0.717, 1.165) is 51.2 Å². The first-order valence-corrected chi connectivity index (χ1v) is 12.5. The lowest BCUT2D eigenvalue weighted by atomic mass is 9.97. The Morgan fingerprint density at radius 2 is 1.75 bits per heavy atom. The Bertz CT molecular complexity index is 660. The molecule has 0 aliphatic carbocycles. The highest BCUT2D eigenvalue weighted by Gasteiger charge is 2.25. The number of carbonyl (C=O) groups is 1. The van der Waals surface area contributed by atoms with Crippen molar-refractivity contribution in [2.24, 2.45) is 23.0 Å². The van der Waals surface area contributed by atoms with Crippen molar-refractivity contribution in [3.63, 3.8) is 0 Å². The van der Waals surface area contributed by atoms with E-state index in [9.17, 15) is 4.79 Å². The molecule has 1 aromatic rings. The number of likely N-dealkylation sites (tertiary alicyclic amines) is 1. The predicted molar refractivity (Wildman–Crippen MR) is 135 cm³/mol. The molecule has 1 aromatic carbocycles. The average molecular weight is 446 g/mol. The molecule has 1 aliphatic rings. The molecule has 32 heavy (non-hydrogen) atoms. The van der Waals surface area contributed by atoms with Gasteiger partial charge in [0.15, 0.2) is 0 Å². The SMILES string of the molecule is CC(C)CCN(c1ccc(OCC(C)(C)C)cc1)C1CCN(CCC(C)C(N)C=O)CC1. The number of rotatable bonds is 12. The molecule has 2 atom stereocenters. The summed E-state index contributed by atoms with van der Waals surface area (Å²) in [7, 11) is 0. The number of aldehydes is 1. The van der Waals surface area contributed by atoms with E-state index >= 15 is 0 Å². The van der Waals surface area contributed by atoms with Crippen molar-refractivity contribution in [2.45, 2.75) is 79.3 Å². The Labute approximate surface area is 196 Å². The van der Waals surface area contributed by atoms with Gasteiger partial charge in [0.05, 0.1) is 12.6 Å². The van der Waals surface area contributed by atoms with Crippen LogP contribution in [0.3, 0.4) is 0 Å². The molecule has 1 fully saturated rings. The minimum atomic E-state index is -0.339. The standard InChI is InChI=1S/C27H47N3O2/c1-21(2)11-18-30(23-7-9-25(10-8-23)32-20-27(4,5)6)24-13-16-29(17-14-24)15-12-22(3)26(28)19-31/h7-10,19,21-22,24,26H,11-18,20,28H2,1-6H3. The third-order valence-electron chi connectivity index (χ3n) is 6.50. The Balaban J connectivity index is 1.95. The number of anilines is 1. The summed E-state index contributed by atoms with van der Waals surface area (Å²) in [5, 5.41) is 0. The monoisotopic (exact) mass is 445 g/mol. The molecule has 1 heterocycles. The zero-order valence-electron chi connectivity index (χ0n) is 21.3. The van der Waals surface area contributed by atoms with Crippen molar-refractivity contribution in [3.05, 3.63) is 24.3 Å². The van der Waals surface area contributed by atoms with Crippen molar-refractivity contribution in [1.82, 2.24) is 4.90 Å². The quantitative estimate of drug-likeness (QED) is 0.460. The molecule has 2 rings (SSSR count). The van der Waals surface area contributed by atoms with E-state index in [1.54, 1.807) is 0 Å². The molecular formula is C27H47N3O2. The zero-order chi connectivity index (χ0) is 23.7. The van der Waals surface area contributed by atoms with Gasteiger partial charge in [-0.05, 0) is 73.7 Å². The van der Waals surface area contributed by atoms with Crippen LogP contribution in [0.2, 0.25) is 0 Å². The van der Waals surface area contributed by atoms with Gasteiger partial charge in [0, 0.05) is 31.4 Å². The normalized spacial score (nSPS) is 17.9. The van der Waals surface area contributed by atoms with Crippen molar-refractivity contribution in [2.75, 3.05) is 37.7 Å². The first-order valence-electron chi connectivity index (χ1n) is 12.5. The van der Waals surface area contributed by atoms with Gasteiger partial charge in [-0.3, -0.25) is 0 Å². The molecule has 1 aliphatic heterocycles. The highest BCUT2D eigenvalue weighted by molar-refractivity contribution is 5.57. The highest BCUT2D eigenvalue weighted by Crippen LogP contribution is 2.28. The van der Waals surface area contributed by atoms with Gasteiger partial charge in [0.2, 0.25) is 0 Å². The molecule has 1 saturated heterocycles. The third-order valence-corrected chi connectivity index (χ3v) is 6.50. The van der Waals surface area contributed by atoms with Gasteiger partial charge in [-0.25, -0.2) is 0 Å². The van der Waals surface area contributed by atoms with E-state index in [2.05, 4.69) is 75.6 Å². The molecule has 182 valence electrons. The smallest absolute Gasteiger partial charge is 0.136 e. The van der Waals surface area contributed by atoms with E-state index in [1.165, 1.54) is 24.9 Å². The second-order valence-electron chi connectivity index (χ2n) is 11.3. The van der Waals surface area contributed by atoms with Crippen LogP contribution in [0.15, 0.2) is 24.3 Å². The largest absolute Gasteiger partial charge is 0.493 e. The van der Waals surface area contributed by atoms with Crippen LogP contribution in [0.5, 0.6) is 5.75 Å². The number of hydrogen-bond acceptors (Lipinski definition) is 5. The van der Waals surface area contributed by atoms with Crippen LogP contribution in [-0.2, 0) is 4.79 Å². The van der Waals surface area contributed by atoms with Crippen LogP contribution < -0.4 is 15.4 Å². The molecule has 5 heteroatoms. The Kier molecular flexibility index (Phi) is 10.5. The zero-order valence-corrected chi connectivity index (χ0v) is 21.3. The summed E-state index contributed by atoms with van der Waals surface area (Å²) in [5.41, 5.74) is 7.33. The lowest BCUT2D eigenvalue weighted by Gasteiger charge is -2.40. The summed E-state index contributed by atoms with van der Waals surface area (Å²) >= 11 is 0. The number of nitrogens with two attached hydrogens (primary N) is 1. The predicted octanol–water partition coefficient (Wildman–Crippen LogP) is 4.98. The number of nitrogens with zero attached hydrogens (tertiary/aromatic N) is 2. The van der Waals surface area contributed by atoms with E-state index in [-0.39, 0.29) is 17.4 Å².